The Kier molecular flexibility index (Phi) is 3.70. The Balaban J connectivity index is 2.29. The molecule has 5 heteroatoms. The van der Waals surface area contributed by atoms with Crippen molar-refractivity contribution in [2.45, 2.75) is 19.8 Å². The van der Waals surface area contributed by atoms with Crippen LogP contribution in [0.1, 0.15) is 41.4 Å². The largest absolute Gasteiger partial charge is 0.326 e. The Morgan fingerprint density at radius 1 is 0.957 bits per heavy atom. The van der Waals surface area contributed by atoms with Gasteiger partial charge in [0.1, 0.15) is 0 Å². The lowest BCUT2D eigenvalue weighted by Crippen LogP contribution is -2.30. The second-order valence-corrected chi connectivity index (χ2v) is 5.71. The topological polar surface area (TPSA) is 82.8 Å². The maximum absolute atomic E-state index is 13.0. The normalized spacial score (nSPS) is 11.1. The molecule has 1 heterocycles. The standard InChI is InChI=1S/C18H16N2O3/c1-10(2)14-15(19-18(23)20-17(14)22)16(21)13-9-5-7-11-6-3-4-8-12(11)13/h3-10H,1-2H3,(H2,19,20,22,23). The molecular formula is C18H16N2O3. The van der Waals surface area contributed by atoms with Crippen LogP contribution in [0, 0.1) is 0 Å². The van der Waals surface area contributed by atoms with E-state index in [4.69, 9.17) is 0 Å². The van der Waals surface area contributed by atoms with E-state index < -0.39 is 11.2 Å². The number of hydrogen-bond acceptors (Lipinski definition) is 3. The second-order valence-electron chi connectivity index (χ2n) is 5.71. The molecule has 3 rings (SSSR count). The molecule has 0 radical (unpaired) electrons. The van der Waals surface area contributed by atoms with Crippen molar-refractivity contribution in [3.63, 3.8) is 0 Å². The molecule has 0 aliphatic carbocycles. The van der Waals surface area contributed by atoms with Crippen molar-refractivity contribution in [1.82, 2.24) is 9.97 Å². The van der Waals surface area contributed by atoms with Crippen LogP contribution in [0.2, 0.25) is 0 Å². The van der Waals surface area contributed by atoms with Gasteiger partial charge in [-0.15, -0.1) is 0 Å². The number of H-pyrrole nitrogens is 2. The van der Waals surface area contributed by atoms with Crippen molar-refractivity contribution < 1.29 is 4.79 Å². The average Bonchev–Trinajstić information content (AvgIpc) is 2.52. The highest BCUT2D eigenvalue weighted by atomic mass is 16.2. The van der Waals surface area contributed by atoms with Crippen LogP contribution in [0.15, 0.2) is 52.1 Å². The van der Waals surface area contributed by atoms with Crippen LogP contribution in [0.4, 0.5) is 0 Å². The number of hydrogen-bond donors (Lipinski definition) is 2. The van der Waals surface area contributed by atoms with E-state index in [0.29, 0.717) is 11.1 Å². The van der Waals surface area contributed by atoms with Crippen molar-refractivity contribution in [2.24, 2.45) is 0 Å². The van der Waals surface area contributed by atoms with E-state index in [-0.39, 0.29) is 17.4 Å². The SMILES string of the molecule is CC(C)c1c(C(=O)c2cccc3ccccc23)[nH]c(=O)[nH]c1=O. The van der Waals surface area contributed by atoms with E-state index in [1.807, 2.05) is 44.2 Å². The highest BCUT2D eigenvalue weighted by molar-refractivity contribution is 6.16. The summed E-state index contributed by atoms with van der Waals surface area (Å²) < 4.78 is 0. The third-order valence-electron chi connectivity index (χ3n) is 3.82. The average molecular weight is 308 g/mol. The summed E-state index contributed by atoms with van der Waals surface area (Å²) >= 11 is 0. The van der Waals surface area contributed by atoms with Crippen LogP contribution < -0.4 is 11.2 Å². The van der Waals surface area contributed by atoms with Crippen LogP contribution in [-0.4, -0.2) is 15.8 Å². The van der Waals surface area contributed by atoms with Gasteiger partial charge < -0.3 is 4.98 Å². The van der Waals surface area contributed by atoms with Crippen molar-refractivity contribution in [1.29, 1.82) is 0 Å². The number of rotatable bonds is 3. The lowest BCUT2D eigenvalue weighted by molar-refractivity contribution is 0.103. The van der Waals surface area contributed by atoms with Gasteiger partial charge in [0.25, 0.3) is 5.56 Å². The molecule has 0 atom stereocenters. The van der Waals surface area contributed by atoms with Gasteiger partial charge in [-0.3, -0.25) is 14.6 Å². The van der Waals surface area contributed by atoms with Crippen molar-refractivity contribution in [2.75, 3.05) is 0 Å². The zero-order chi connectivity index (χ0) is 16.6. The molecule has 0 aliphatic rings. The zero-order valence-electron chi connectivity index (χ0n) is 12.8. The molecule has 3 aromatic rings. The molecule has 0 aliphatic heterocycles. The minimum Gasteiger partial charge on any atom is -0.304 e. The van der Waals surface area contributed by atoms with Gasteiger partial charge in [0, 0.05) is 11.1 Å². The highest BCUT2D eigenvalue weighted by Gasteiger charge is 2.21. The van der Waals surface area contributed by atoms with Crippen LogP contribution >= 0.6 is 0 Å². The molecule has 116 valence electrons. The number of aromatic amines is 2. The molecule has 0 saturated carbocycles. The molecule has 23 heavy (non-hydrogen) atoms. The first-order valence-electron chi connectivity index (χ1n) is 7.38. The van der Waals surface area contributed by atoms with Crippen molar-refractivity contribution >= 4 is 16.6 Å². The van der Waals surface area contributed by atoms with Gasteiger partial charge in [-0.1, -0.05) is 56.3 Å². The Morgan fingerprint density at radius 2 is 1.65 bits per heavy atom. The van der Waals surface area contributed by atoms with Gasteiger partial charge >= 0.3 is 5.69 Å². The fraction of sp³-hybridized carbons (Fsp3) is 0.167. The van der Waals surface area contributed by atoms with Gasteiger partial charge in [0.2, 0.25) is 5.78 Å². The van der Waals surface area contributed by atoms with Crippen LogP contribution in [0.3, 0.4) is 0 Å². The Bertz CT molecular complexity index is 1010. The molecular weight excluding hydrogens is 292 g/mol. The summed E-state index contributed by atoms with van der Waals surface area (Å²) in [5.74, 6) is -0.543. The fourth-order valence-electron chi connectivity index (χ4n) is 2.78. The first-order chi connectivity index (χ1) is 11.0. The van der Waals surface area contributed by atoms with Crippen molar-refractivity contribution in [3.8, 4) is 0 Å². The Labute approximate surface area is 132 Å². The summed E-state index contributed by atoms with van der Waals surface area (Å²) in [5, 5.41) is 1.72. The van der Waals surface area contributed by atoms with Crippen LogP contribution in [0.5, 0.6) is 0 Å². The molecule has 0 fully saturated rings. The van der Waals surface area contributed by atoms with E-state index in [1.165, 1.54) is 0 Å². The minimum atomic E-state index is -0.678. The van der Waals surface area contributed by atoms with E-state index in [2.05, 4.69) is 9.97 Å². The van der Waals surface area contributed by atoms with Gasteiger partial charge in [0.05, 0.1) is 5.69 Å². The van der Waals surface area contributed by atoms with Crippen LogP contribution in [-0.2, 0) is 0 Å². The molecule has 2 aromatic carbocycles. The molecule has 0 spiro atoms. The van der Waals surface area contributed by atoms with E-state index in [1.54, 1.807) is 12.1 Å². The van der Waals surface area contributed by atoms with Gasteiger partial charge in [-0.05, 0) is 16.7 Å². The molecule has 5 nitrogen and oxygen atoms in total. The maximum atomic E-state index is 13.0. The summed E-state index contributed by atoms with van der Waals surface area (Å²) in [7, 11) is 0. The lowest BCUT2D eigenvalue weighted by atomic mass is 9.94. The second kappa shape index (κ2) is 5.68. The van der Waals surface area contributed by atoms with E-state index in [0.717, 1.165) is 10.8 Å². The van der Waals surface area contributed by atoms with E-state index >= 15 is 0 Å². The molecule has 2 N–H and O–H groups in total. The van der Waals surface area contributed by atoms with Gasteiger partial charge in [0.15, 0.2) is 0 Å². The quantitative estimate of drug-likeness (QED) is 0.729. The van der Waals surface area contributed by atoms with Gasteiger partial charge in [-0.25, -0.2) is 4.79 Å². The summed E-state index contributed by atoms with van der Waals surface area (Å²) in [6, 6.07) is 12.9. The predicted molar refractivity (Wildman–Crippen MR) is 89.2 cm³/mol. The molecule has 1 aromatic heterocycles. The smallest absolute Gasteiger partial charge is 0.304 e. The summed E-state index contributed by atoms with van der Waals surface area (Å²) in [6.45, 7) is 3.62. The minimum absolute atomic E-state index is 0.0603. The van der Waals surface area contributed by atoms with Crippen molar-refractivity contribution in [3.05, 3.63) is 80.1 Å². The number of nitrogens with one attached hydrogen (secondary N) is 2. The number of carbonyl (C=O) groups is 1. The third kappa shape index (κ3) is 2.61. The molecule has 0 saturated heterocycles. The van der Waals surface area contributed by atoms with E-state index in [9.17, 15) is 14.4 Å². The number of ketones is 1. The predicted octanol–water partition coefficient (Wildman–Crippen LogP) is 2.57. The fourth-order valence-corrected chi connectivity index (χ4v) is 2.78. The Hall–Kier alpha value is -2.95. The lowest BCUT2D eigenvalue weighted by Gasteiger charge is -2.11. The Morgan fingerprint density at radius 3 is 2.39 bits per heavy atom. The third-order valence-corrected chi connectivity index (χ3v) is 3.82. The molecule has 0 amide bonds. The molecule has 0 bridgehead atoms. The molecule has 0 unspecified atom stereocenters. The number of benzene rings is 2. The number of aromatic nitrogens is 2. The zero-order valence-corrected chi connectivity index (χ0v) is 12.8. The summed E-state index contributed by atoms with van der Waals surface area (Å²) in [6.07, 6.45) is 0. The van der Waals surface area contributed by atoms with Gasteiger partial charge in [-0.2, -0.15) is 0 Å². The first-order valence-corrected chi connectivity index (χ1v) is 7.38. The summed E-state index contributed by atoms with van der Waals surface area (Å²) in [4.78, 5) is 41.3. The highest BCUT2D eigenvalue weighted by Crippen LogP contribution is 2.22. The number of carbonyl (C=O) groups excluding carboxylic acids is 1. The maximum Gasteiger partial charge on any atom is 0.326 e. The monoisotopic (exact) mass is 308 g/mol. The number of fused-ring (bicyclic) bond motifs is 1. The van der Waals surface area contributed by atoms with Crippen LogP contribution in [0.25, 0.3) is 10.8 Å². The first kappa shape index (κ1) is 15.0. The summed E-state index contributed by atoms with van der Waals surface area (Å²) in [5.41, 5.74) is -0.380.